The second-order valence-electron chi connectivity index (χ2n) is 5.31. The molecule has 8 heteroatoms. The summed E-state index contributed by atoms with van der Waals surface area (Å²) >= 11 is 0. The zero-order valence-corrected chi connectivity index (χ0v) is 12.6. The van der Waals surface area contributed by atoms with Gasteiger partial charge in [-0.25, -0.2) is 4.79 Å². The molecule has 3 aromatic rings. The molecule has 2 aromatic carbocycles. The van der Waals surface area contributed by atoms with Gasteiger partial charge >= 0.3 is 5.97 Å². The van der Waals surface area contributed by atoms with E-state index in [9.17, 15) is 20.1 Å². The fourth-order valence-electron chi connectivity index (χ4n) is 2.65. The van der Waals surface area contributed by atoms with Crippen LogP contribution in [0.5, 0.6) is 23.0 Å². The maximum absolute atomic E-state index is 11.5. The van der Waals surface area contributed by atoms with Gasteiger partial charge in [0.15, 0.2) is 23.0 Å². The lowest BCUT2D eigenvalue weighted by Crippen LogP contribution is -1.99. The first-order chi connectivity index (χ1) is 12.0. The molecule has 0 unspecified atom stereocenters. The first-order valence-electron chi connectivity index (χ1n) is 7.20. The Hall–Kier alpha value is -3.68. The van der Waals surface area contributed by atoms with E-state index in [0.717, 1.165) is 6.07 Å². The van der Waals surface area contributed by atoms with Crippen LogP contribution in [-0.2, 0) is 0 Å². The second-order valence-corrected chi connectivity index (χ2v) is 5.31. The van der Waals surface area contributed by atoms with Gasteiger partial charge in [-0.05, 0) is 29.8 Å². The van der Waals surface area contributed by atoms with Gasteiger partial charge in [0.05, 0.1) is 11.1 Å². The molecule has 0 aliphatic carbocycles. The maximum Gasteiger partial charge on any atom is 0.358 e. The predicted octanol–water partition coefficient (Wildman–Crippen LogP) is 2.85. The molecule has 0 fully saturated rings. The van der Waals surface area contributed by atoms with E-state index in [2.05, 4.69) is 5.16 Å². The van der Waals surface area contributed by atoms with Gasteiger partial charge in [0.25, 0.3) is 0 Å². The Balaban J connectivity index is 1.94. The number of phenolic OH excluding ortho intramolecular Hbond substituents is 2. The standard InChI is InChI=1S/C17H11NO7/c19-9-2-3-10(11(20)6-9)16-14(15(17(21)22)18-25-16)8-1-4-12-13(5-8)24-7-23-12/h1-6,19-20H,7H2,(H,21,22). The van der Waals surface area contributed by atoms with Crippen LogP contribution in [-0.4, -0.2) is 33.2 Å². The number of hydrogen-bond acceptors (Lipinski definition) is 7. The number of nitrogens with zero attached hydrogens (tertiary/aromatic N) is 1. The quantitative estimate of drug-likeness (QED) is 0.665. The lowest BCUT2D eigenvalue weighted by Gasteiger charge is -2.06. The van der Waals surface area contributed by atoms with Crippen LogP contribution in [0.15, 0.2) is 40.9 Å². The summed E-state index contributed by atoms with van der Waals surface area (Å²) < 4.78 is 15.8. The molecular formula is C17H11NO7. The fourth-order valence-corrected chi connectivity index (χ4v) is 2.65. The number of phenols is 2. The molecule has 0 amide bonds. The molecule has 0 atom stereocenters. The molecule has 126 valence electrons. The van der Waals surface area contributed by atoms with E-state index in [1.807, 2.05) is 0 Å². The third kappa shape index (κ3) is 2.40. The number of hydrogen-bond donors (Lipinski definition) is 3. The summed E-state index contributed by atoms with van der Waals surface area (Å²) in [6.45, 7) is 0.0832. The summed E-state index contributed by atoms with van der Waals surface area (Å²) in [7, 11) is 0. The molecule has 0 saturated carbocycles. The Morgan fingerprint density at radius 3 is 2.60 bits per heavy atom. The zero-order chi connectivity index (χ0) is 17.6. The third-order valence-electron chi connectivity index (χ3n) is 3.78. The summed E-state index contributed by atoms with van der Waals surface area (Å²) in [5.41, 5.74) is 0.559. The Kier molecular flexibility index (Phi) is 3.24. The SMILES string of the molecule is O=C(O)c1noc(-c2ccc(O)cc2O)c1-c1ccc2c(c1)OCO2. The number of aromatic hydroxyl groups is 2. The normalized spacial score (nSPS) is 12.3. The van der Waals surface area contributed by atoms with Crippen molar-refractivity contribution in [1.29, 1.82) is 0 Å². The van der Waals surface area contributed by atoms with Crippen molar-refractivity contribution in [2.24, 2.45) is 0 Å². The number of rotatable bonds is 3. The van der Waals surface area contributed by atoms with Gasteiger partial charge in [-0.1, -0.05) is 11.2 Å². The Bertz CT molecular complexity index is 993. The Labute approximate surface area is 140 Å². The first-order valence-corrected chi connectivity index (χ1v) is 7.20. The number of fused-ring (bicyclic) bond motifs is 1. The van der Waals surface area contributed by atoms with E-state index in [0.29, 0.717) is 17.1 Å². The van der Waals surface area contributed by atoms with Gasteiger partial charge in [-0.2, -0.15) is 0 Å². The number of carboxylic acid groups (broad SMARTS) is 1. The molecular weight excluding hydrogens is 330 g/mol. The fraction of sp³-hybridized carbons (Fsp3) is 0.0588. The third-order valence-corrected chi connectivity index (χ3v) is 3.78. The summed E-state index contributed by atoms with van der Waals surface area (Å²) in [5, 5.41) is 32.5. The van der Waals surface area contributed by atoms with Crippen molar-refractivity contribution < 1.29 is 34.1 Å². The molecule has 2 heterocycles. The van der Waals surface area contributed by atoms with E-state index < -0.39 is 5.97 Å². The van der Waals surface area contributed by atoms with Gasteiger partial charge in [0.2, 0.25) is 6.79 Å². The molecule has 25 heavy (non-hydrogen) atoms. The number of carbonyl (C=O) groups is 1. The monoisotopic (exact) mass is 341 g/mol. The lowest BCUT2D eigenvalue weighted by atomic mass is 9.98. The molecule has 0 radical (unpaired) electrons. The number of benzene rings is 2. The Morgan fingerprint density at radius 1 is 1.04 bits per heavy atom. The van der Waals surface area contributed by atoms with Crippen LogP contribution in [0.3, 0.4) is 0 Å². The van der Waals surface area contributed by atoms with Crippen LogP contribution in [0, 0.1) is 0 Å². The van der Waals surface area contributed by atoms with Crippen LogP contribution in [0.4, 0.5) is 0 Å². The highest BCUT2D eigenvalue weighted by Gasteiger charge is 2.27. The average molecular weight is 341 g/mol. The minimum absolute atomic E-state index is 0.0637. The second kappa shape index (κ2) is 5.45. The van der Waals surface area contributed by atoms with Crippen molar-refractivity contribution in [1.82, 2.24) is 5.16 Å². The number of aromatic carboxylic acids is 1. The van der Waals surface area contributed by atoms with Gasteiger partial charge < -0.3 is 29.3 Å². The molecule has 1 aliphatic rings. The van der Waals surface area contributed by atoms with Gasteiger partial charge in [-0.3, -0.25) is 0 Å². The zero-order valence-electron chi connectivity index (χ0n) is 12.6. The molecule has 0 bridgehead atoms. The maximum atomic E-state index is 11.5. The van der Waals surface area contributed by atoms with Crippen molar-refractivity contribution in [3.8, 4) is 45.4 Å². The number of carboxylic acids is 1. The van der Waals surface area contributed by atoms with Gasteiger partial charge in [0.1, 0.15) is 11.5 Å². The summed E-state index contributed by atoms with van der Waals surface area (Å²) in [6, 6.07) is 8.79. The van der Waals surface area contributed by atoms with Crippen LogP contribution in [0.2, 0.25) is 0 Å². The molecule has 3 N–H and O–H groups in total. The summed E-state index contributed by atoms with van der Waals surface area (Å²) in [4.78, 5) is 11.5. The number of ether oxygens (including phenoxy) is 2. The molecule has 8 nitrogen and oxygen atoms in total. The van der Waals surface area contributed by atoms with Crippen molar-refractivity contribution in [2.45, 2.75) is 0 Å². The van der Waals surface area contributed by atoms with Crippen LogP contribution in [0.1, 0.15) is 10.5 Å². The average Bonchev–Trinajstić information content (AvgIpc) is 3.20. The first kappa shape index (κ1) is 14.9. The van der Waals surface area contributed by atoms with Crippen molar-refractivity contribution in [3.05, 3.63) is 42.1 Å². The molecule has 1 aromatic heterocycles. The van der Waals surface area contributed by atoms with Crippen LogP contribution < -0.4 is 9.47 Å². The van der Waals surface area contributed by atoms with Crippen LogP contribution >= 0.6 is 0 Å². The molecule has 0 spiro atoms. The van der Waals surface area contributed by atoms with Gasteiger partial charge in [-0.15, -0.1) is 0 Å². The number of aromatic nitrogens is 1. The highest BCUT2D eigenvalue weighted by atomic mass is 16.7. The predicted molar refractivity (Wildman–Crippen MR) is 83.8 cm³/mol. The Morgan fingerprint density at radius 2 is 1.84 bits per heavy atom. The summed E-state index contributed by atoms with van der Waals surface area (Å²) in [6.07, 6.45) is 0. The van der Waals surface area contributed by atoms with Crippen LogP contribution in [0.25, 0.3) is 22.5 Å². The lowest BCUT2D eigenvalue weighted by molar-refractivity contribution is 0.0686. The molecule has 4 rings (SSSR count). The smallest absolute Gasteiger partial charge is 0.358 e. The van der Waals surface area contributed by atoms with Crippen molar-refractivity contribution in [2.75, 3.05) is 6.79 Å². The largest absolute Gasteiger partial charge is 0.508 e. The minimum atomic E-state index is -1.28. The van der Waals surface area contributed by atoms with E-state index in [1.54, 1.807) is 18.2 Å². The van der Waals surface area contributed by atoms with Crippen molar-refractivity contribution in [3.63, 3.8) is 0 Å². The van der Waals surface area contributed by atoms with E-state index in [-0.39, 0.29) is 40.9 Å². The van der Waals surface area contributed by atoms with E-state index >= 15 is 0 Å². The van der Waals surface area contributed by atoms with Crippen molar-refractivity contribution >= 4 is 5.97 Å². The minimum Gasteiger partial charge on any atom is -0.508 e. The van der Waals surface area contributed by atoms with Gasteiger partial charge in [0, 0.05) is 6.07 Å². The molecule has 1 aliphatic heterocycles. The molecule has 0 saturated heterocycles. The summed E-state index contributed by atoms with van der Waals surface area (Å²) in [5.74, 6) is -0.601. The highest BCUT2D eigenvalue weighted by Crippen LogP contribution is 2.43. The van der Waals surface area contributed by atoms with E-state index in [4.69, 9.17) is 14.0 Å². The highest BCUT2D eigenvalue weighted by molar-refractivity contribution is 5.99. The van der Waals surface area contributed by atoms with E-state index in [1.165, 1.54) is 12.1 Å². The topological polar surface area (TPSA) is 122 Å².